The minimum atomic E-state index is -0.207. The number of carbonyl (C=O) groups excluding carboxylic acids is 1. The van der Waals surface area contributed by atoms with Crippen LogP contribution in [0, 0.1) is 0 Å². The Labute approximate surface area is 176 Å². The number of nitrogens with zero attached hydrogens (tertiary/aromatic N) is 4. The summed E-state index contributed by atoms with van der Waals surface area (Å²) in [6.45, 7) is 4.57. The maximum atomic E-state index is 12.9. The second-order valence-corrected chi connectivity index (χ2v) is 8.20. The third-order valence-electron chi connectivity index (χ3n) is 6.34. The third-order valence-corrected chi connectivity index (χ3v) is 6.34. The van der Waals surface area contributed by atoms with Gasteiger partial charge >= 0.3 is 0 Å². The molecule has 2 aliphatic heterocycles. The summed E-state index contributed by atoms with van der Waals surface area (Å²) in [4.78, 5) is 26.7. The molecule has 2 saturated heterocycles. The fraction of sp³-hybridized carbons (Fsp3) is 0.375. The van der Waals surface area contributed by atoms with Crippen molar-refractivity contribution in [2.75, 3.05) is 36.4 Å². The second-order valence-electron chi connectivity index (χ2n) is 8.20. The first-order valence-corrected chi connectivity index (χ1v) is 10.9. The van der Waals surface area contributed by atoms with Crippen LogP contribution in [-0.4, -0.2) is 53.0 Å². The zero-order chi connectivity index (χ0) is 20.3. The Kier molecular flexibility index (Phi) is 5.32. The first-order valence-electron chi connectivity index (χ1n) is 10.9. The van der Waals surface area contributed by atoms with E-state index in [9.17, 15) is 4.79 Å². The van der Waals surface area contributed by atoms with E-state index in [0.29, 0.717) is 17.4 Å². The average molecular weight is 402 g/mol. The van der Waals surface area contributed by atoms with Crippen molar-refractivity contribution in [1.29, 1.82) is 0 Å². The van der Waals surface area contributed by atoms with Gasteiger partial charge in [-0.2, -0.15) is 0 Å². The van der Waals surface area contributed by atoms with Gasteiger partial charge in [0.15, 0.2) is 0 Å². The van der Waals surface area contributed by atoms with Gasteiger partial charge in [-0.25, -0.2) is 0 Å². The summed E-state index contributed by atoms with van der Waals surface area (Å²) in [5.41, 5.74) is 3.00. The quantitative estimate of drug-likeness (QED) is 0.717. The SMILES string of the molecule is O=C(Nc1cccc2cccnc12)c1cc(N2CCC(N3CCCC3)CC2)ccn1. The van der Waals surface area contributed by atoms with Crippen molar-refractivity contribution in [3.8, 4) is 0 Å². The lowest BCUT2D eigenvalue weighted by atomic mass is 10.0. The fourth-order valence-corrected chi connectivity index (χ4v) is 4.73. The standard InChI is InChI=1S/C24H27N5O/c30-24(27-21-7-3-5-18-6-4-11-26-23(18)21)22-17-20(8-12-25-22)29-15-9-19(10-16-29)28-13-1-2-14-28/h3-8,11-12,17,19H,1-2,9-10,13-16H2,(H,27,30). The molecule has 3 aromatic rings. The Bertz CT molecular complexity index is 1030. The summed E-state index contributed by atoms with van der Waals surface area (Å²) in [7, 11) is 0. The van der Waals surface area contributed by atoms with Crippen LogP contribution in [0.4, 0.5) is 11.4 Å². The van der Waals surface area contributed by atoms with Crippen LogP contribution in [0.5, 0.6) is 0 Å². The molecular weight excluding hydrogens is 374 g/mol. The molecule has 5 rings (SSSR count). The number of fused-ring (bicyclic) bond motifs is 1. The molecule has 2 aliphatic rings. The van der Waals surface area contributed by atoms with Crippen LogP contribution in [0.2, 0.25) is 0 Å². The molecule has 0 radical (unpaired) electrons. The molecule has 1 amide bonds. The molecule has 0 aliphatic carbocycles. The molecule has 2 fully saturated rings. The highest BCUT2D eigenvalue weighted by molar-refractivity contribution is 6.07. The molecule has 154 valence electrons. The van der Waals surface area contributed by atoms with Crippen LogP contribution in [0.1, 0.15) is 36.2 Å². The lowest BCUT2D eigenvalue weighted by Crippen LogP contribution is -2.43. The number of rotatable bonds is 4. The number of piperidine rings is 1. The summed E-state index contributed by atoms with van der Waals surface area (Å²) in [5, 5.41) is 3.98. The van der Waals surface area contributed by atoms with Crippen molar-refractivity contribution in [2.45, 2.75) is 31.7 Å². The predicted octanol–water partition coefficient (Wildman–Crippen LogP) is 3.95. The molecule has 30 heavy (non-hydrogen) atoms. The van der Waals surface area contributed by atoms with Crippen LogP contribution in [0.25, 0.3) is 10.9 Å². The summed E-state index contributed by atoms with van der Waals surface area (Å²) in [5.74, 6) is -0.207. The van der Waals surface area contributed by atoms with E-state index in [0.717, 1.165) is 29.7 Å². The average Bonchev–Trinajstić information content (AvgIpc) is 3.35. The molecular formula is C24H27N5O. The van der Waals surface area contributed by atoms with E-state index in [2.05, 4.69) is 25.1 Å². The van der Waals surface area contributed by atoms with E-state index >= 15 is 0 Å². The molecule has 2 aromatic heterocycles. The molecule has 0 bridgehead atoms. The summed E-state index contributed by atoms with van der Waals surface area (Å²) < 4.78 is 0. The molecule has 4 heterocycles. The van der Waals surface area contributed by atoms with Crippen molar-refractivity contribution in [2.24, 2.45) is 0 Å². The number of anilines is 2. The molecule has 0 spiro atoms. The van der Waals surface area contributed by atoms with Gasteiger partial charge in [-0.05, 0) is 63.0 Å². The predicted molar refractivity (Wildman–Crippen MR) is 120 cm³/mol. The van der Waals surface area contributed by atoms with E-state index in [1.165, 1.54) is 38.8 Å². The maximum Gasteiger partial charge on any atom is 0.274 e. The highest BCUT2D eigenvalue weighted by atomic mass is 16.1. The summed E-state index contributed by atoms with van der Waals surface area (Å²) in [6, 6.07) is 14.3. The minimum Gasteiger partial charge on any atom is -0.371 e. The van der Waals surface area contributed by atoms with E-state index in [4.69, 9.17) is 0 Å². The fourth-order valence-electron chi connectivity index (χ4n) is 4.73. The van der Waals surface area contributed by atoms with Gasteiger partial charge in [-0.3, -0.25) is 14.8 Å². The Balaban J connectivity index is 1.28. The number of aromatic nitrogens is 2. The van der Waals surface area contributed by atoms with Crippen LogP contribution < -0.4 is 10.2 Å². The van der Waals surface area contributed by atoms with Gasteiger partial charge in [0, 0.05) is 42.6 Å². The zero-order valence-electron chi connectivity index (χ0n) is 17.1. The first kappa shape index (κ1) is 19.0. The van der Waals surface area contributed by atoms with E-state index in [1.54, 1.807) is 12.4 Å². The Morgan fingerprint density at radius 2 is 1.73 bits per heavy atom. The number of hydrogen-bond acceptors (Lipinski definition) is 5. The normalized spacial score (nSPS) is 18.1. The summed E-state index contributed by atoms with van der Waals surface area (Å²) >= 11 is 0. The molecule has 0 unspecified atom stereocenters. The lowest BCUT2D eigenvalue weighted by Gasteiger charge is -2.37. The third kappa shape index (κ3) is 3.87. The molecule has 1 N–H and O–H groups in total. The number of carbonyl (C=O) groups is 1. The van der Waals surface area contributed by atoms with Gasteiger partial charge in [0.1, 0.15) is 5.69 Å². The summed E-state index contributed by atoms with van der Waals surface area (Å²) in [6.07, 6.45) is 8.53. The number of hydrogen-bond donors (Lipinski definition) is 1. The highest BCUT2D eigenvalue weighted by Gasteiger charge is 2.26. The van der Waals surface area contributed by atoms with E-state index in [1.807, 2.05) is 42.5 Å². The highest BCUT2D eigenvalue weighted by Crippen LogP contribution is 2.26. The topological polar surface area (TPSA) is 61.4 Å². The largest absolute Gasteiger partial charge is 0.371 e. The van der Waals surface area contributed by atoms with Crippen LogP contribution in [0.3, 0.4) is 0 Å². The van der Waals surface area contributed by atoms with Crippen molar-refractivity contribution >= 4 is 28.2 Å². The van der Waals surface area contributed by atoms with E-state index in [-0.39, 0.29) is 5.91 Å². The second kappa shape index (κ2) is 8.40. The van der Waals surface area contributed by atoms with E-state index < -0.39 is 0 Å². The molecule has 0 atom stereocenters. The maximum absolute atomic E-state index is 12.9. The van der Waals surface area contributed by atoms with Crippen molar-refractivity contribution in [1.82, 2.24) is 14.9 Å². The van der Waals surface area contributed by atoms with Crippen molar-refractivity contribution in [3.63, 3.8) is 0 Å². The molecule has 6 nitrogen and oxygen atoms in total. The Morgan fingerprint density at radius 1 is 0.933 bits per heavy atom. The van der Waals surface area contributed by atoms with Crippen LogP contribution >= 0.6 is 0 Å². The molecule has 0 saturated carbocycles. The molecule has 1 aromatic carbocycles. The van der Waals surface area contributed by atoms with Crippen molar-refractivity contribution in [3.05, 3.63) is 60.6 Å². The molecule has 6 heteroatoms. The van der Waals surface area contributed by atoms with Crippen LogP contribution in [-0.2, 0) is 0 Å². The number of likely N-dealkylation sites (tertiary alicyclic amines) is 1. The van der Waals surface area contributed by atoms with Gasteiger partial charge in [-0.1, -0.05) is 18.2 Å². The van der Waals surface area contributed by atoms with Gasteiger partial charge in [0.25, 0.3) is 5.91 Å². The number of nitrogens with one attached hydrogen (secondary N) is 1. The Hall–Kier alpha value is -2.99. The zero-order valence-corrected chi connectivity index (χ0v) is 17.1. The number of para-hydroxylation sites is 1. The monoisotopic (exact) mass is 401 g/mol. The number of benzene rings is 1. The first-order chi connectivity index (χ1) is 14.8. The number of pyridine rings is 2. The smallest absolute Gasteiger partial charge is 0.274 e. The van der Waals surface area contributed by atoms with Gasteiger partial charge in [0.05, 0.1) is 11.2 Å². The number of amides is 1. The van der Waals surface area contributed by atoms with Gasteiger partial charge < -0.3 is 15.1 Å². The minimum absolute atomic E-state index is 0.207. The van der Waals surface area contributed by atoms with Crippen LogP contribution in [0.15, 0.2) is 54.9 Å². The van der Waals surface area contributed by atoms with Crippen molar-refractivity contribution < 1.29 is 4.79 Å². The van der Waals surface area contributed by atoms with Gasteiger partial charge in [-0.15, -0.1) is 0 Å². The Morgan fingerprint density at radius 3 is 2.57 bits per heavy atom. The lowest BCUT2D eigenvalue weighted by molar-refractivity contribution is 0.102. The van der Waals surface area contributed by atoms with Gasteiger partial charge in [0.2, 0.25) is 0 Å².